The lowest BCUT2D eigenvalue weighted by Gasteiger charge is -2.37. The summed E-state index contributed by atoms with van der Waals surface area (Å²) in [6.07, 6.45) is 2.11. The first kappa shape index (κ1) is 17.8. The van der Waals surface area contributed by atoms with E-state index in [2.05, 4.69) is 5.32 Å². The van der Waals surface area contributed by atoms with E-state index < -0.39 is 10.0 Å². The van der Waals surface area contributed by atoms with Gasteiger partial charge in [0, 0.05) is 19.0 Å². The zero-order valence-electron chi connectivity index (χ0n) is 14.0. The fraction of sp³-hybridized carbons (Fsp3) is 0.688. The summed E-state index contributed by atoms with van der Waals surface area (Å²) in [5, 5.41) is 4.80. The van der Waals surface area contributed by atoms with Crippen LogP contribution in [0, 0.1) is 5.92 Å². The number of piperidine rings is 1. The molecule has 3 heterocycles. The Balaban J connectivity index is 1.59. The molecule has 2 aliphatic rings. The van der Waals surface area contributed by atoms with Gasteiger partial charge in [0.05, 0.1) is 18.2 Å². The Bertz CT molecular complexity index is 677. The number of nitrogens with zero attached hydrogens (tertiary/aromatic N) is 1. The minimum Gasteiger partial charge on any atom is -0.373 e. The monoisotopic (exact) mass is 372 g/mol. The van der Waals surface area contributed by atoms with Crippen LogP contribution in [0.3, 0.4) is 0 Å². The molecule has 0 radical (unpaired) electrons. The Morgan fingerprint density at radius 3 is 2.71 bits per heavy atom. The van der Waals surface area contributed by atoms with Crippen LogP contribution in [0.4, 0.5) is 0 Å². The van der Waals surface area contributed by atoms with Gasteiger partial charge in [-0.3, -0.25) is 4.79 Å². The maximum atomic E-state index is 12.6. The third-order valence-electron chi connectivity index (χ3n) is 4.80. The van der Waals surface area contributed by atoms with Crippen LogP contribution in [-0.4, -0.2) is 50.0 Å². The zero-order chi connectivity index (χ0) is 17.4. The van der Waals surface area contributed by atoms with Crippen molar-refractivity contribution in [2.24, 2.45) is 5.92 Å². The second-order valence-corrected chi connectivity index (χ2v) is 10.0. The highest BCUT2D eigenvalue weighted by Crippen LogP contribution is 2.37. The third kappa shape index (κ3) is 3.51. The Morgan fingerprint density at radius 2 is 2.12 bits per heavy atom. The van der Waals surface area contributed by atoms with Gasteiger partial charge in [0.2, 0.25) is 5.91 Å². The molecule has 0 aliphatic carbocycles. The molecule has 2 fully saturated rings. The molecule has 1 aromatic heterocycles. The van der Waals surface area contributed by atoms with Crippen molar-refractivity contribution in [3.8, 4) is 0 Å². The fourth-order valence-corrected chi connectivity index (χ4v) is 5.91. The van der Waals surface area contributed by atoms with E-state index in [4.69, 9.17) is 4.74 Å². The van der Waals surface area contributed by atoms with Gasteiger partial charge in [-0.05, 0) is 30.7 Å². The lowest BCUT2D eigenvalue weighted by Crippen LogP contribution is -2.47. The molecule has 1 atom stereocenters. The van der Waals surface area contributed by atoms with Gasteiger partial charge >= 0.3 is 0 Å². The van der Waals surface area contributed by atoms with Gasteiger partial charge in [0.25, 0.3) is 10.0 Å². The van der Waals surface area contributed by atoms with Crippen LogP contribution in [0.15, 0.2) is 21.7 Å². The van der Waals surface area contributed by atoms with Crippen LogP contribution < -0.4 is 5.32 Å². The zero-order valence-corrected chi connectivity index (χ0v) is 15.7. The summed E-state index contributed by atoms with van der Waals surface area (Å²) in [7, 11) is -3.38. The highest BCUT2D eigenvalue weighted by atomic mass is 32.2. The van der Waals surface area contributed by atoms with Crippen molar-refractivity contribution in [2.75, 3.05) is 19.7 Å². The lowest BCUT2D eigenvalue weighted by atomic mass is 9.88. The molecule has 0 bridgehead atoms. The Hall–Kier alpha value is -0.960. The van der Waals surface area contributed by atoms with Crippen LogP contribution in [0.25, 0.3) is 0 Å². The summed E-state index contributed by atoms with van der Waals surface area (Å²) in [4.78, 5) is 11.8. The van der Waals surface area contributed by atoms with Crippen LogP contribution in [0.2, 0.25) is 0 Å². The molecule has 1 spiro atoms. The predicted molar refractivity (Wildman–Crippen MR) is 92.4 cm³/mol. The SMILES string of the molecule is CC(C)C(=O)NC1COC2(CCN(S(=O)(=O)c3cccs3)CC2)C1. The van der Waals surface area contributed by atoms with Crippen LogP contribution in [0.5, 0.6) is 0 Å². The maximum Gasteiger partial charge on any atom is 0.252 e. The van der Waals surface area contributed by atoms with Gasteiger partial charge in [-0.25, -0.2) is 8.42 Å². The molecule has 1 N–H and O–H groups in total. The van der Waals surface area contributed by atoms with E-state index in [1.807, 2.05) is 13.8 Å². The summed E-state index contributed by atoms with van der Waals surface area (Å²) in [5.41, 5.74) is -0.295. The summed E-state index contributed by atoms with van der Waals surface area (Å²) < 4.78 is 33.1. The number of hydrogen-bond acceptors (Lipinski definition) is 5. The van der Waals surface area contributed by atoms with Crippen molar-refractivity contribution in [1.82, 2.24) is 9.62 Å². The number of carbonyl (C=O) groups excluding carboxylic acids is 1. The first-order valence-electron chi connectivity index (χ1n) is 8.30. The van der Waals surface area contributed by atoms with E-state index in [1.54, 1.807) is 21.8 Å². The van der Waals surface area contributed by atoms with Crippen LogP contribution >= 0.6 is 11.3 Å². The molecule has 134 valence electrons. The Labute approximate surface area is 147 Å². The maximum absolute atomic E-state index is 12.6. The summed E-state index contributed by atoms with van der Waals surface area (Å²) in [6.45, 7) is 5.18. The standard InChI is InChI=1S/C16H24N2O4S2/c1-12(2)15(19)17-13-10-16(22-11-13)5-7-18(8-6-16)24(20,21)14-4-3-9-23-14/h3-4,9,12-13H,5-8,10-11H2,1-2H3,(H,17,19). The summed E-state index contributed by atoms with van der Waals surface area (Å²) in [6, 6.07) is 3.43. The molecule has 0 aromatic carbocycles. The van der Waals surface area contributed by atoms with E-state index in [0.29, 0.717) is 36.7 Å². The molecule has 8 heteroatoms. The number of carbonyl (C=O) groups is 1. The van der Waals surface area contributed by atoms with Gasteiger partial charge in [-0.15, -0.1) is 11.3 Å². The number of rotatable bonds is 4. The molecular weight excluding hydrogens is 348 g/mol. The van der Waals surface area contributed by atoms with E-state index >= 15 is 0 Å². The first-order valence-corrected chi connectivity index (χ1v) is 10.6. The van der Waals surface area contributed by atoms with Gasteiger partial charge in [-0.1, -0.05) is 19.9 Å². The van der Waals surface area contributed by atoms with E-state index in [9.17, 15) is 13.2 Å². The van der Waals surface area contributed by atoms with E-state index in [-0.39, 0.29) is 23.5 Å². The average molecular weight is 373 g/mol. The fourth-order valence-electron chi connectivity index (χ4n) is 3.32. The number of hydrogen-bond donors (Lipinski definition) is 1. The quantitative estimate of drug-likeness (QED) is 0.875. The Kier molecular flexibility index (Phi) is 5.01. The molecule has 3 rings (SSSR count). The smallest absolute Gasteiger partial charge is 0.252 e. The lowest BCUT2D eigenvalue weighted by molar-refractivity contribution is -0.124. The highest BCUT2D eigenvalue weighted by Gasteiger charge is 2.45. The molecular formula is C16H24N2O4S2. The second-order valence-electron chi connectivity index (χ2n) is 6.89. The summed E-state index contributed by atoms with van der Waals surface area (Å²) in [5.74, 6) is -0.00213. The number of nitrogens with one attached hydrogen (secondary N) is 1. The van der Waals surface area contributed by atoms with Crippen molar-refractivity contribution in [1.29, 1.82) is 0 Å². The average Bonchev–Trinajstić information content (AvgIpc) is 3.19. The molecule has 2 aliphatic heterocycles. The number of thiophene rings is 1. The molecule has 1 aromatic rings. The van der Waals surface area contributed by atoms with Gasteiger partial charge < -0.3 is 10.1 Å². The largest absolute Gasteiger partial charge is 0.373 e. The van der Waals surface area contributed by atoms with E-state index in [1.165, 1.54) is 11.3 Å². The molecule has 6 nitrogen and oxygen atoms in total. The number of sulfonamides is 1. The van der Waals surface area contributed by atoms with Crippen molar-refractivity contribution in [3.05, 3.63) is 17.5 Å². The van der Waals surface area contributed by atoms with Crippen LogP contribution in [0.1, 0.15) is 33.1 Å². The van der Waals surface area contributed by atoms with Crippen molar-refractivity contribution in [3.63, 3.8) is 0 Å². The number of ether oxygens (including phenoxy) is 1. The minimum absolute atomic E-state index is 0.0281. The molecule has 1 unspecified atom stereocenters. The normalized spacial score (nSPS) is 24.5. The molecule has 2 saturated heterocycles. The molecule has 24 heavy (non-hydrogen) atoms. The van der Waals surface area contributed by atoms with Crippen molar-refractivity contribution >= 4 is 27.3 Å². The topological polar surface area (TPSA) is 75.7 Å². The van der Waals surface area contributed by atoms with Gasteiger partial charge in [0.15, 0.2) is 0 Å². The minimum atomic E-state index is -3.38. The molecule has 0 saturated carbocycles. The molecule has 1 amide bonds. The van der Waals surface area contributed by atoms with Gasteiger partial charge in [0.1, 0.15) is 4.21 Å². The van der Waals surface area contributed by atoms with Crippen molar-refractivity contribution < 1.29 is 17.9 Å². The first-order chi connectivity index (χ1) is 11.3. The van der Waals surface area contributed by atoms with Gasteiger partial charge in [-0.2, -0.15) is 4.31 Å². The number of amides is 1. The van der Waals surface area contributed by atoms with E-state index in [0.717, 1.165) is 6.42 Å². The van der Waals surface area contributed by atoms with Crippen molar-refractivity contribution in [2.45, 2.75) is 49.0 Å². The Morgan fingerprint density at radius 1 is 1.42 bits per heavy atom. The second kappa shape index (κ2) is 6.74. The predicted octanol–water partition coefficient (Wildman–Crippen LogP) is 1.83. The third-order valence-corrected chi connectivity index (χ3v) is 8.07. The van der Waals surface area contributed by atoms with Crippen LogP contribution in [-0.2, 0) is 19.6 Å². The summed E-state index contributed by atoms with van der Waals surface area (Å²) >= 11 is 1.25. The highest BCUT2D eigenvalue weighted by molar-refractivity contribution is 7.91.